The summed E-state index contributed by atoms with van der Waals surface area (Å²) in [6, 6.07) is 0. The molecule has 0 aromatic carbocycles. The molecule has 0 unspecified atom stereocenters. The Hall–Kier alpha value is -0.800. The van der Waals surface area contributed by atoms with Crippen LogP contribution in [0.1, 0.15) is 64.2 Å². The molecule has 2 saturated carbocycles. The van der Waals surface area contributed by atoms with E-state index in [1.165, 1.54) is 32.1 Å². The molecule has 0 aromatic rings. The van der Waals surface area contributed by atoms with Crippen LogP contribution in [0.2, 0.25) is 0 Å². The second-order valence-corrected chi connectivity index (χ2v) is 7.33. The maximum Gasteiger partial charge on any atom is 0.412 e. The predicted octanol–water partition coefficient (Wildman–Crippen LogP) is 6.98. The summed E-state index contributed by atoms with van der Waals surface area (Å²) in [7, 11) is 0. The van der Waals surface area contributed by atoms with E-state index in [0.717, 1.165) is 25.2 Å². The second kappa shape index (κ2) is 8.34. The van der Waals surface area contributed by atoms with Crippen molar-refractivity contribution in [3.63, 3.8) is 0 Å². The molecule has 0 amide bonds. The van der Waals surface area contributed by atoms with Crippen LogP contribution in [-0.2, 0) is 0 Å². The standard InChI is InChI=1S/C19H28F4/c1-2-3-4-14-5-7-15(8-6-14)16-9-11-17(12-10-16)18(20)13-19(21,22)23/h2,13-17H,1,3-12H2/b18-13-. The minimum atomic E-state index is -4.54. The molecule has 2 aliphatic rings. The Bertz CT molecular complexity index is 394. The van der Waals surface area contributed by atoms with Crippen molar-refractivity contribution in [2.45, 2.75) is 70.4 Å². The predicted molar refractivity (Wildman–Crippen MR) is 85.6 cm³/mol. The fourth-order valence-electron chi connectivity index (χ4n) is 4.44. The van der Waals surface area contributed by atoms with Crippen molar-refractivity contribution < 1.29 is 17.6 Å². The van der Waals surface area contributed by atoms with Gasteiger partial charge >= 0.3 is 6.18 Å². The van der Waals surface area contributed by atoms with Crippen LogP contribution in [0, 0.1) is 23.7 Å². The Labute approximate surface area is 137 Å². The summed E-state index contributed by atoms with van der Waals surface area (Å²) in [5, 5.41) is 0. The van der Waals surface area contributed by atoms with Crippen LogP contribution < -0.4 is 0 Å². The molecule has 2 rings (SSSR count). The molecule has 0 atom stereocenters. The van der Waals surface area contributed by atoms with Gasteiger partial charge in [-0.2, -0.15) is 13.2 Å². The van der Waals surface area contributed by atoms with Crippen LogP contribution in [0.5, 0.6) is 0 Å². The molecule has 0 bridgehead atoms. The topological polar surface area (TPSA) is 0 Å². The second-order valence-electron chi connectivity index (χ2n) is 7.33. The molecule has 23 heavy (non-hydrogen) atoms. The van der Waals surface area contributed by atoms with E-state index in [0.29, 0.717) is 24.7 Å². The average molecular weight is 332 g/mol. The van der Waals surface area contributed by atoms with Gasteiger partial charge in [-0.15, -0.1) is 6.58 Å². The van der Waals surface area contributed by atoms with E-state index in [1.54, 1.807) is 0 Å². The van der Waals surface area contributed by atoms with E-state index in [-0.39, 0.29) is 6.08 Å². The van der Waals surface area contributed by atoms with Gasteiger partial charge in [-0.05, 0) is 69.1 Å². The van der Waals surface area contributed by atoms with Gasteiger partial charge in [0.25, 0.3) is 0 Å². The van der Waals surface area contributed by atoms with Gasteiger partial charge in [0.05, 0.1) is 6.08 Å². The molecular weight excluding hydrogens is 304 g/mol. The molecule has 0 N–H and O–H groups in total. The molecule has 2 aliphatic carbocycles. The smallest absolute Gasteiger partial charge is 0.212 e. The Morgan fingerprint density at radius 2 is 1.43 bits per heavy atom. The zero-order valence-electron chi connectivity index (χ0n) is 13.8. The van der Waals surface area contributed by atoms with Crippen LogP contribution in [-0.4, -0.2) is 6.18 Å². The molecule has 0 saturated heterocycles. The molecule has 2 fully saturated rings. The molecule has 0 heterocycles. The van der Waals surface area contributed by atoms with Gasteiger partial charge < -0.3 is 0 Å². The maximum absolute atomic E-state index is 13.7. The largest absolute Gasteiger partial charge is 0.412 e. The SMILES string of the molecule is C=CCCC1CCC(C2CCC(/C(F)=C/C(F)(F)F)CC2)CC1. The fourth-order valence-corrected chi connectivity index (χ4v) is 4.44. The van der Waals surface area contributed by atoms with Crippen molar-refractivity contribution in [3.8, 4) is 0 Å². The third-order valence-electron chi connectivity index (χ3n) is 5.80. The minimum Gasteiger partial charge on any atom is -0.212 e. The van der Waals surface area contributed by atoms with Crippen molar-refractivity contribution in [2.75, 3.05) is 0 Å². The molecule has 0 aromatic heterocycles. The zero-order valence-corrected chi connectivity index (χ0v) is 13.8. The number of hydrogen-bond donors (Lipinski definition) is 0. The molecule has 0 nitrogen and oxygen atoms in total. The van der Waals surface area contributed by atoms with Gasteiger partial charge in [0.2, 0.25) is 0 Å². The Kier molecular flexibility index (Phi) is 6.72. The molecular formula is C19H28F4. The number of allylic oxidation sites excluding steroid dienone is 3. The number of alkyl halides is 3. The van der Waals surface area contributed by atoms with Gasteiger partial charge in [-0.1, -0.05) is 18.9 Å². The van der Waals surface area contributed by atoms with E-state index in [1.807, 2.05) is 6.08 Å². The summed E-state index contributed by atoms with van der Waals surface area (Å²) in [5.41, 5.74) is 0. The molecule has 132 valence electrons. The van der Waals surface area contributed by atoms with Gasteiger partial charge in [0.1, 0.15) is 5.83 Å². The van der Waals surface area contributed by atoms with Crippen LogP contribution in [0.4, 0.5) is 17.6 Å². The Morgan fingerprint density at radius 1 is 0.913 bits per heavy atom. The number of rotatable bonds is 5. The first-order chi connectivity index (χ1) is 10.9. The number of halogens is 4. The van der Waals surface area contributed by atoms with Gasteiger partial charge in [0.15, 0.2) is 0 Å². The summed E-state index contributed by atoms with van der Waals surface area (Å²) in [5.74, 6) is 0.615. The fraction of sp³-hybridized carbons (Fsp3) is 0.789. The molecule has 0 radical (unpaired) electrons. The maximum atomic E-state index is 13.7. The minimum absolute atomic E-state index is 0.150. The van der Waals surface area contributed by atoms with Crippen molar-refractivity contribution in [3.05, 3.63) is 24.6 Å². The first-order valence-electron chi connectivity index (χ1n) is 8.95. The summed E-state index contributed by atoms with van der Waals surface area (Å²) in [6.07, 6.45) is 7.51. The van der Waals surface area contributed by atoms with Crippen LogP contribution in [0.25, 0.3) is 0 Å². The highest BCUT2D eigenvalue weighted by molar-refractivity contribution is 5.03. The number of hydrogen-bond acceptors (Lipinski definition) is 0. The lowest BCUT2D eigenvalue weighted by Crippen LogP contribution is -2.26. The van der Waals surface area contributed by atoms with Crippen molar-refractivity contribution >= 4 is 0 Å². The van der Waals surface area contributed by atoms with Crippen molar-refractivity contribution in [2.24, 2.45) is 23.7 Å². The van der Waals surface area contributed by atoms with Gasteiger partial charge in [-0.3, -0.25) is 0 Å². The molecule has 4 heteroatoms. The third kappa shape index (κ3) is 5.96. The zero-order chi connectivity index (χ0) is 16.9. The average Bonchev–Trinajstić information content (AvgIpc) is 2.52. The first kappa shape index (κ1) is 18.5. The summed E-state index contributed by atoms with van der Waals surface area (Å²) in [4.78, 5) is 0. The van der Waals surface area contributed by atoms with Gasteiger partial charge in [-0.25, -0.2) is 4.39 Å². The van der Waals surface area contributed by atoms with Crippen molar-refractivity contribution in [1.82, 2.24) is 0 Å². The highest BCUT2D eigenvalue weighted by Gasteiger charge is 2.33. The summed E-state index contributed by atoms with van der Waals surface area (Å²) in [6.45, 7) is 3.77. The first-order valence-corrected chi connectivity index (χ1v) is 8.95. The van der Waals surface area contributed by atoms with Gasteiger partial charge in [0, 0.05) is 5.92 Å². The highest BCUT2D eigenvalue weighted by Crippen LogP contribution is 2.44. The van der Waals surface area contributed by atoms with E-state index in [4.69, 9.17) is 0 Å². The summed E-state index contributed by atoms with van der Waals surface area (Å²) < 4.78 is 50.3. The molecule has 0 spiro atoms. The quantitative estimate of drug-likeness (QED) is 0.376. The monoisotopic (exact) mass is 332 g/mol. The van der Waals surface area contributed by atoms with E-state index < -0.39 is 17.9 Å². The Balaban J connectivity index is 1.75. The van der Waals surface area contributed by atoms with Crippen LogP contribution in [0.3, 0.4) is 0 Å². The lowest BCUT2D eigenvalue weighted by atomic mass is 9.68. The van der Waals surface area contributed by atoms with E-state index in [9.17, 15) is 17.6 Å². The summed E-state index contributed by atoms with van der Waals surface area (Å²) >= 11 is 0. The Morgan fingerprint density at radius 3 is 1.91 bits per heavy atom. The van der Waals surface area contributed by atoms with Crippen molar-refractivity contribution in [1.29, 1.82) is 0 Å². The third-order valence-corrected chi connectivity index (χ3v) is 5.80. The van der Waals surface area contributed by atoms with Crippen LogP contribution in [0.15, 0.2) is 24.6 Å². The van der Waals surface area contributed by atoms with Crippen LogP contribution >= 0.6 is 0 Å². The van der Waals surface area contributed by atoms with E-state index >= 15 is 0 Å². The van der Waals surface area contributed by atoms with E-state index in [2.05, 4.69) is 6.58 Å². The highest BCUT2D eigenvalue weighted by atomic mass is 19.4. The lowest BCUT2D eigenvalue weighted by Gasteiger charge is -2.37. The normalized spacial score (nSPS) is 33.5. The molecule has 0 aliphatic heterocycles. The lowest BCUT2D eigenvalue weighted by molar-refractivity contribution is -0.0821.